The molecule has 0 aliphatic rings. The number of rotatable bonds is 6. The summed E-state index contributed by atoms with van der Waals surface area (Å²) in [6.07, 6.45) is 4.91. The molecule has 0 radical (unpaired) electrons. The highest BCUT2D eigenvalue weighted by atomic mass is 32.2. The van der Waals surface area contributed by atoms with Crippen LogP contribution in [0.2, 0.25) is 0 Å². The number of carbonyl (C=O) groups is 1. The van der Waals surface area contributed by atoms with Gasteiger partial charge in [0.15, 0.2) is 9.90 Å². The Morgan fingerprint density at radius 2 is 2.35 bits per heavy atom. The van der Waals surface area contributed by atoms with Crippen molar-refractivity contribution in [1.82, 2.24) is 19.3 Å². The predicted octanol–water partition coefficient (Wildman–Crippen LogP) is 0.105. The minimum Gasteiger partial charge on any atom is -0.464 e. The zero-order valence-electron chi connectivity index (χ0n) is 10.5. The second-order valence-corrected chi connectivity index (χ2v) is 6.50. The number of methoxy groups -OCH3 is 1. The number of hydrogen-bond acceptors (Lipinski definition) is 7. The molecule has 2 heterocycles. The molecule has 0 saturated heterocycles. The fraction of sp³-hybridized carbons (Fsp3) is 0.300. The number of esters is 1. The Balaban J connectivity index is 2.07. The largest absolute Gasteiger partial charge is 0.464 e. The van der Waals surface area contributed by atoms with Crippen molar-refractivity contribution in [2.75, 3.05) is 13.7 Å². The van der Waals surface area contributed by atoms with Gasteiger partial charge in [-0.3, -0.25) is 0 Å². The lowest BCUT2D eigenvalue weighted by Crippen LogP contribution is -2.28. The van der Waals surface area contributed by atoms with Crippen LogP contribution in [0.3, 0.4) is 0 Å². The van der Waals surface area contributed by atoms with E-state index in [1.807, 2.05) is 0 Å². The number of hydrogen-bond donors (Lipinski definition) is 1. The molecule has 0 saturated carbocycles. The standard InChI is InChI=1S/C10H12N4O4S2/c1-18-9(15)8-10(19-7-12-8)20(16,17)13-3-5-14-4-2-11-6-14/h2,4,6-7,13H,3,5H2,1H3. The average molecular weight is 316 g/mol. The molecule has 0 unspecified atom stereocenters. The molecule has 2 rings (SSSR count). The van der Waals surface area contributed by atoms with E-state index in [0.29, 0.717) is 6.54 Å². The molecule has 0 atom stereocenters. The molecule has 2 aromatic rings. The molecular weight excluding hydrogens is 304 g/mol. The normalized spacial score (nSPS) is 11.4. The summed E-state index contributed by atoms with van der Waals surface area (Å²) in [7, 11) is -2.61. The van der Waals surface area contributed by atoms with E-state index in [9.17, 15) is 13.2 Å². The molecule has 108 valence electrons. The quantitative estimate of drug-likeness (QED) is 0.758. The summed E-state index contributed by atoms with van der Waals surface area (Å²) in [6, 6.07) is 0. The molecule has 20 heavy (non-hydrogen) atoms. The number of carbonyl (C=O) groups excluding carboxylic acids is 1. The monoisotopic (exact) mass is 316 g/mol. The van der Waals surface area contributed by atoms with E-state index in [1.165, 1.54) is 12.6 Å². The lowest BCUT2D eigenvalue weighted by atomic mass is 10.5. The van der Waals surface area contributed by atoms with Gasteiger partial charge in [0.25, 0.3) is 10.0 Å². The van der Waals surface area contributed by atoms with Gasteiger partial charge in [0.05, 0.1) is 18.9 Å². The summed E-state index contributed by atoms with van der Waals surface area (Å²) in [4.78, 5) is 19.0. The van der Waals surface area contributed by atoms with Gasteiger partial charge >= 0.3 is 5.97 Å². The highest BCUT2D eigenvalue weighted by Crippen LogP contribution is 2.20. The number of sulfonamides is 1. The summed E-state index contributed by atoms with van der Waals surface area (Å²) in [5.41, 5.74) is 1.09. The molecule has 0 bridgehead atoms. The molecule has 0 aliphatic heterocycles. The molecule has 0 amide bonds. The second-order valence-electron chi connectivity index (χ2n) is 3.68. The van der Waals surface area contributed by atoms with Crippen molar-refractivity contribution in [3.05, 3.63) is 29.9 Å². The first kappa shape index (κ1) is 14.6. The van der Waals surface area contributed by atoms with E-state index in [-0.39, 0.29) is 16.4 Å². The van der Waals surface area contributed by atoms with Gasteiger partial charge in [0, 0.05) is 25.5 Å². The lowest BCUT2D eigenvalue weighted by molar-refractivity contribution is 0.0590. The van der Waals surface area contributed by atoms with E-state index in [0.717, 1.165) is 11.3 Å². The summed E-state index contributed by atoms with van der Waals surface area (Å²) in [6.45, 7) is 0.614. The van der Waals surface area contributed by atoms with Gasteiger partial charge in [-0.15, -0.1) is 11.3 Å². The van der Waals surface area contributed by atoms with Crippen LogP contribution < -0.4 is 4.72 Å². The Hall–Kier alpha value is -1.78. The predicted molar refractivity (Wildman–Crippen MR) is 70.9 cm³/mol. The van der Waals surface area contributed by atoms with Gasteiger partial charge in [0.2, 0.25) is 0 Å². The van der Waals surface area contributed by atoms with Gasteiger partial charge in [-0.05, 0) is 0 Å². The van der Waals surface area contributed by atoms with Gasteiger partial charge in [0.1, 0.15) is 0 Å². The van der Waals surface area contributed by atoms with Crippen LogP contribution in [-0.2, 0) is 21.3 Å². The zero-order chi connectivity index (χ0) is 14.6. The summed E-state index contributed by atoms with van der Waals surface area (Å²) >= 11 is 0.867. The molecule has 0 fully saturated rings. The van der Waals surface area contributed by atoms with Crippen molar-refractivity contribution in [1.29, 1.82) is 0 Å². The average Bonchev–Trinajstić information content (AvgIpc) is 3.08. The van der Waals surface area contributed by atoms with Crippen molar-refractivity contribution < 1.29 is 17.9 Å². The summed E-state index contributed by atoms with van der Waals surface area (Å²) in [5.74, 6) is -0.777. The maximum Gasteiger partial charge on any atom is 0.358 e. The van der Waals surface area contributed by atoms with Crippen LogP contribution in [0.15, 0.2) is 28.4 Å². The third-order valence-electron chi connectivity index (χ3n) is 2.38. The fourth-order valence-electron chi connectivity index (χ4n) is 1.45. The van der Waals surface area contributed by atoms with Gasteiger partial charge in [-0.25, -0.2) is 27.9 Å². The van der Waals surface area contributed by atoms with Gasteiger partial charge in [-0.2, -0.15) is 0 Å². The second kappa shape index (κ2) is 6.11. The van der Waals surface area contributed by atoms with Crippen LogP contribution in [0.5, 0.6) is 0 Å². The molecule has 1 N–H and O–H groups in total. The third kappa shape index (κ3) is 3.21. The van der Waals surface area contributed by atoms with Crippen LogP contribution >= 0.6 is 11.3 Å². The van der Waals surface area contributed by atoms with Crippen LogP contribution in [0.4, 0.5) is 0 Å². The minimum atomic E-state index is -3.78. The number of nitrogens with zero attached hydrogens (tertiary/aromatic N) is 3. The van der Waals surface area contributed by atoms with Crippen LogP contribution in [0.25, 0.3) is 0 Å². The van der Waals surface area contributed by atoms with E-state index in [1.54, 1.807) is 23.3 Å². The van der Waals surface area contributed by atoms with Crippen molar-refractivity contribution in [3.63, 3.8) is 0 Å². The topological polar surface area (TPSA) is 103 Å². The Morgan fingerprint density at radius 3 is 3.00 bits per heavy atom. The SMILES string of the molecule is COC(=O)c1ncsc1S(=O)(=O)NCCn1ccnc1. The zero-order valence-corrected chi connectivity index (χ0v) is 12.1. The fourth-order valence-corrected chi connectivity index (χ4v) is 3.65. The van der Waals surface area contributed by atoms with Gasteiger partial charge in [-0.1, -0.05) is 0 Å². The smallest absolute Gasteiger partial charge is 0.358 e. The highest BCUT2D eigenvalue weighted by molar-refractivity contribution is 7.91. The molecule has 0 aliphatic carbocycles. The Kier molecular flexibility index (Phi) is 4.47. The number of imidazole rings is 1. The van der Waals surface area contributed by atoms with Crippen LogP contribution in [0.1, 0.15) is 10.5 Å². The van der Waals surface area contributed by atoms with E-state index < -0.39 is 16.0 Å². The molecule has 10 heteroatoms. The first-order chi connectivity index (χ1) is 9.54. The number of aromatic nitrogens is 3. The van der Waals surface area contributed by atoms with Gasteiger partial charge < -0.3 is 9.30 Å². The van der Waals surface area contributed by atoms with Crippen LogP contribution in [-0.4, -0.2) is 42.6 Å². The Bertz CT molecular complexity index is 678. The van der Waals surface area contributed by atoms with Crippen molar-refractivity contribution >= 4 is 27.3 Å². The molecule has 2 aromatic heterocycles. The maximum atomic E-state index is 12.1. The van der Waals surface area contributed by atoms with Crippen molar-refractivity contribution in [3.8, 4) is 0 Å². The third-order valence-corrected chi connectivity index (χ3v) is 5.21. The van der Waals surface area contributed by atoms with Crippen molar-refractivity contribution in [2.24, 2.45) is 0 Å². The molecule has 8 nitrogen and oxygen atoms in total. The number of nitrogens with one attached hydrogen (secondary N) is 1. The highest BCUT2D eigenvalue weighted by Gasteiger charge is 2.26. The Labute approximate surface area is 119 Å². The summed E-state index contributed by atoms with van der Waals surface area (Å²) < 4.78 is 32.7. The molecular formula is C10H12N4O4S2. The van der Waals surface area contributed by atoms with Crippen molar-refractivity contribution in [2.45, 2.75) is 10.8 Å². The molecule has 0 aromatic carbocycles. The van der Waals surface area contributed by atoms with E-state index in [2.05, 4.69) is 19.4 Å². The van der Waals surface area contributed by atoms with E-state index in [4.69, 9.17) is 0 Å². The lowest BCUT2D eigenvalue weighted by Gasteiger charge is -2.06. The summed E-state index contributed by atoms with van der Waals surface area (Å²) in [5, 5.41) is 0. The number of thiazole rings is 1. The first-order valence-electron chi connectivity index (χ1n) is 5.52. The van der Waals surface area contributed by atoms with Crippen LogP contribution in [0, 0.1) is 0 Å². The first-order valence-corrected chi connectivity index (χ1v) is 7.88. The molecule has 0 spiro atoms. The Morgan fingerprint density at radius 1 is 1.55 bits per heavy atom. The number of ether oxygens (including phenoxy) is 1. The maximum absolute atomic E-state index is 12.1. The van der Waals surface area contributed by atoms with E-state index >= 15 is 0 Å². The minimum absolute atomic E-state index is 0.144.